The molecule has 2 fully saturated rings. The van der Waals surface area contributed by atoms with Gasteiger partial charge in [0, 0.05) is 6.54 Å². The van der Waals surface area contributed by atoms with Gasteiger partial charge in [0.1, 0.15) is 11.1 Å². The number of hydrogen-bond donors (Lipinski definition) is 0. The lowest BCUT2D eigenvalue weighted by Crippen LogP contribution is -2.54. The SMILES string of the molecule is COC(=O)C1(CCC2CC2)CCCN1C(=O)OC(C)(C)C. The fourth-order valence-electron chi connectivity index (χ4n) is 3.08. The van der Waals surface area contributed by atoms with E-state index in [9.17, 15) is 9.59 Å². The van der Waals surface area contributed by atoms with Crippen molar-refractivity contribution in [3.05, 3.63) is 0 Å². The molecule has 120 valence electrons. The Morgan fingerprint density at radius 3 is 2.48 bits per heavy atom. The van der Waals surface area contributed by atoms with Crippen LogP contribution >= 0.6 is 0 Å². The predicted molar refractivity (Wildman–Crippen MR) is 78.9 cm³/mol. The molecule has 1 aliphatic heterocycles. The molecular formula is C16H27NO4. The molecule has 21 heavy (non-hydrogen) atoms. The van der Waals surface area contributed by atoms with Gasteiger partial charge in [-0.2, -0.15) is 0 Å². The van der Waals surface area contributed by atoms with Crippen molar-refractivity contribution >= 4 is 12.1 Å². The molecule has 1 aliphatic carbocycles. The summed E-state index contributed by atoms with van der Waals surface area (Å²) in [6, 6.07) is 0. The number of carbonyl (C=O) groups is 2. The van der Waals surface area contributed by atoms with Gasteiger partial charge < -0.3 is 9.47 Å². The summed E-state index contributed by atoms with van der Waals surface area (Å²) in [5, 5.41) is 0. The standard InChI is InChI=1S/C16H27NO4/c1-15(2,3)21-14(19)17-11-5-9-16(17,13(18)20-4)10-8-12-6-7-12/h12H,5-11H2,1-4H3. The molecule has 0 spiro atoms. The molecule has 5 nitrogen and oxygen atoms in total. The van der Waals surface area contributed by atoms with Crippen LogP contribution in [0.3, 0.4) is 0 Å². The van der Waals surface area contributed by atoms with Crippen LogP contribution in [0.15, 0.2) is 0 Å². The fourth-order valence-corrected chi connectivity index (χ4v) is 3.08. The smallest absolute Gasteiger partial charge is 0.411 e. The molecule has 2 aliphatic rings. The molecule has 0 aromatic heterocycles. The number of ether oxygens (including phenoxy) is 2. The maximum Gasteiger partial charge on any atom is 0.411 e. The van der Waals surface area contributed by atoms with Crippen LogP contribution in [0, 0.1) is 5.92 Å². The monoisotopic (exact) mass is 297 g/mol. The fraction of sp³-hybridized carbons (Fsp3) is 0.875. The normalized spacial score (nSPS) is 25.8. The molecule has 1 atom stereocenters. The van der Waals surface area contributed by atoms with Gasteiger partial charge in [0.15, 0.2) is 0 Å². The molecule has 2 rings (SSSR count). The lowest BCUT2D eigenvalue weighted by atomic mass is 9.89. The lowest BCUT2D eigenvalue weighted by molar-refractivity contribution is -0.153. The summed E-state index contributed by atoms with van der Waals surface area (Å²) in [4.78, 5) is 26.4. The molecule has 1 amide bonds. The van der Waals surface area contributed by atoms with Crippen LogP contribution < -0.4 is 0 Å². The van der Waals surface area contributed by atoms with Crippen LogP contribution in [-0.2, 0) is 14.3 Å². The van der Waals surface area contributed by atoms with Crippen molar-refractivity contribution in [3.63, 3.8) is 0 Å². The van der Waals surface area contributed by atoms with Crippen molar-refractivity contribution in [3.8, 4) is 0 Å². The first kappa shape index (κ1) is 16.1. The third kappa shape index (κ3) is 3.69. The average Bonchev–Trinajstić information content (AvgIpc) is 3.12. The number of amides is 1. The van der Waals surface area contributed by atoms with Crippen LogP contribution in [0.4, 0.5) is 4.79 Å². The molecule has 0 bridgehead atoms. The van der Waals surface area contributed by atoms with Gasteiger partial charge in [-0.15, -0.1) is 0 Å². The topological polar surface area (TPSA) is 55.8 Å². The molecular weight excluding hydrogens is 270 g/mol. The van der Waals surface area contributed by atoms with Gasteiger partial charge in [0.2, 0.25) is 0 Å². The van der Waals surface area contributed by atoms with Crippen molar-refractivity contribution in [2.24, 2.45) is 5.92 Å². The van der Waals surface area contributed by atoms with E-state index in [1.807, 2.05) is 20.8 Å². The van der Waals surface area contributed by atoms with E-state index in [1.165, 1.54) is 20.0 Å². The highest BCUT2D eigenvalue weighted by atomic mass is 16.6. The highest BCUT2D eigenvalue weighted by Crippen LogP contribution is 2.41. The van der Waals surface area contributed by atoms with E-state index >= 15 is 0 Å². The minimum absolute atomic E-state index is 0.300. The largest absolute Gasteiger partial charge is 0.467 e. The van der Waals surface area contributed by atoms with E-state index in [2.05, 4.69) is 0 Å². The Morgan fingerprint density at radius 1 is 1.29 bits per heavy atom. The van der Waals surface area contributed by atoms with E-state index < -0.39 is 17.2 Å². The first-order valence-electron chi connectivity index (χ1n) is 7.87. The Hall–Kier alpha value is -1.26. The second kappa shape index (κ2) is 5.85. The van der Waals surface area contributed by atoms with Crippen molar-refractivity contribution < 1.29 is 19.1 Å². The molecule has 1 saturated carbocycles. The van der Waals surface area contributed by atoms with Gasteiger partial charge in [-0.1, -0.05) is 12.8 Å². The first-order valence-corrected chi connectivity index (χ1v) is 7.87. The second-order valence-electron chi connectivity index (χ2n) is 7.24. The van der Waals surface area contributed by atoms with Gasteiger partial charge in [0.05, 0.1) is 7.11 Å². The number of esters is 1. The Kier molecular flexibility index (Phi) is 4.49. The number of carbonyl (C=O) groups excluding carboxylic acids is 2. The number of hydrogen-bond acceptors (Lipinski definition) is 4. The van der Waals surface area contributed by atoms with Crippen molar-refractivity contribution in [1.82, 2.24) is 4.90 Å². The summed E-state index contributed by atoms with van der Waals surface area (Å²) >= 11 is 0. The van der Waals surface area contributed by atoms with Gasteiger partial charge in [0.25, 0.3) is 0 Å². The van der Waals surface area contributed by atoms with Crippen LogP contribution in [-0.4, -0.2) is 41.8 Å². The van der Waals surface area contributed by atoms with Crippen LogP contribution in [0.2, 0.25) is 0 Å². The lowest BCUT2D eigenvalue weighted by Gasteiger charge is -2.37. The zero-order chi connectivity index (χ0) is 15.7. The minimum Gasteiger partial charge on any atom is -0.467 e. The van der Waals surface area contributed by atoms with Crippen LogP contribution in [0.1, 0.15) is 59.3 Å². The molecule has 0 N–H and O–H groups in total. The molecule has 1 unspecified atom stereocenters. The summed E-state index contributed by atoms with van der Waals surface area (Å²) in [5.74, 6) is 0.416. The summed E-state index contributed by atoms with van der Waals surface area (Å²) in [6.45, 7) is 6.08. The third-order valence-electron chi connectivity index (χ3n) is 4.33. The predicted octanol–water partition coefficient (Wildman–Crippen LogP) is 3.12. The Morgan fingerprint density at radius 2 is 1.95 bits per heavy atom. The molecule has 0 aromatic rings. The van der Waals surface area contributed by atoms with Crippen molar-refractivity contribution in [2.45, 2.75) is 70.4 Å². The maximum atomic E-state index is 12.5. The Bertz CT molecular complexity index is 411. The zero-order valence-electron chi connectivity index (χ0n) is 13.6. The third-order valence-corrected chi connectivity index (χ3v) is 4.33. The van der Waals surface area contributed by atoms with Crippen LogP contribution in [0.25, 0.3) is 0 Å². The first-order chi connectivity index (χ1) is 9.78. The van der Waals surface area contributed by atoms with Crippen LogP contribution in [0.5, 0.6) is 0 Å². The number of nitrogens with zero attached hydrogens (tertiary/aromatic N) is 1. The van der Waals surface area contributed by atoms with Gasteiger partial charge in [-0.05, 0) is 52.4 Å². The zero-order valence-corrected chi connectivity index (χ0v) is 13.6. The Balaban J connectivity index is 2.15. The van der Waals surface area contributed by atoms with E-state index in [0.717, 1.165) is 12.8 Å². The molecule has 0 aromatic carbocycles. The number of methoxy groups -OCH3 is 1. The Labute approximate surface area is 127 Å². The van der Waals surface area contributed by atoms with Crippen molar-refractivity contribution in [2.75, 3.05) is 13.7 Å². The van der Waals surface area contributed by atoms with E-state index in [4.69, 9.17) is 9.47 Å². The van der Waals surface area contributed by atoms with Gasteiger partial charge in [-0.3, -0.25) is 4.90 Å². The molecule has 5 heteroatoms. The van der Waals surface area contributed by atoms with E-state index in [1.54, 1.807) is 4.90 Å². The van der Waals surface area contributed by atoms with E-state index in [-0.39, 0.29) is 5.97 Å². The molecule has 1 heterocycles. The number of rotatable bonds is 4. The molecule has 0 radical (unpaired) electrons. The maximum absolute atomic E-state index is 12.5. The highest BCUT2D eigenvalue weighted by molar-refractivity contribution is 5.86. The van der Waals surface area contributed by atoms with Gasteiger partial charge >= 0.3 is 12.1 Å². The van der Waals surface area contributed by atoms with Crippen molar-refractivity contribution in [1.29, 1.82) is 0 Å². The summed E-state index contributed by atoms with van der Waals surface area (Å²) in [5.41, 5.74) is -1.38. The highest BCUT2D eigenvalue weighted by Gasteiger charge is 2.52. The quantitative estimate of drug-likeness (QED) is 0.748. The summed E-state index contributed by atoms with van der Waals surface area (Å²) in [7, 11) is 1.40. The van der Waals surface area contributed by atoms with Gasteiger partial charge in [-0.25, -0.2) is 9.59 Å². The second-order valence-corrected chi connectivity index (χ2v) is 7.24. The average molecular weight is 297 g/mol. The summed E-state index contributed by atoms with van der Waals surface area (Å²) < 4.78 is 10.5. The van der Waals surface area contributed by atoms with E-state index in [0.29, 0.717) is 25.3 Å². The minimum atomic E-state index is -0.820. The summed E-state index contributed by atoms with van der Waals surface area (Å²) in [6.07, 6.45) is 5.23. The number of likely N-dealkylation sites (tertiary alicyclic amines) is 1. The molecule has 1 saturated heterocycles.